The van der Waals surface area contributed by atoms with Crippen molar-refractivity contribution >= 4 is 23.1 Å². The summed E-state index contributed by atoms with van der Waals surface area (Å²) in [4.78, 5) is 11.8. The molecule has 1 aromatic carbocycles. The molecule has 4 nitrogen and oxygen atoms in total. The maximum absolute atomic E-state index is 11.5. The van der Waals surface area contributed by atoms with E-state index in [1.165, 1.54) is 0 Å². The lowest BCUT2D eigenvalue weighted by Gasteiger charge is -2.10. The van der Waals surface area contributed by atoms with Crippen molar-refractivity contribution < 1.29 is 9.53 Å². The Kier molecular flexibility index (Phi) is 3.81. The Labute approximate surface area is 112 Å². The molecule has 0 radical (unpaired) electrons. The van der Waals surface area contributed by atoms with Gasteiger partial charge in [-0.25, -0.2) is 0 Å². The standard InChI is InChI=1S/C13H16N2O2S/c1-8-2-3-9(13(14)18)6-11(8)17-7-12(16)15-10-4-5-10/h2-3,6,10H,4-5,7H2,1H3,(H2,14,18)(H,15,16). The molecule has 0 aliphatic heterocycles. The van der Waals surface area contributed by atoms with Gasteiger partial charge in [0.25, 0.3) is 5.91 Å². The van der Waals surface area contributed by atoms with Gasteiger partial charge in [-0.1, -0.05) is 24.4 Å². The average molecular weight is 264 g/mol. The van der Waals surface area contributed by atoms with E-state index in [0.29, 0.717) is 16.8 Å². The first-order valence-electron chi connectivity index (χ1n) is 5.89. The third-order valence-electron chi connectivity index (χ3n) is 2.77. The average Bonchev–Trinajstić information content (AvgIpc) is 3.11. The van der Waals surface area contributed by atoms with Gasteiger partial charge in [-0.05, 0) is 31.4 Å². The van der Waals surface area contributed by atoms with E-state index >= 15 is 0 Å². The summed E-state index contributed by atoms with van der Waals surface area (Å²) in [7, 11) is 0. The van der Waals surface area contributed by atoms with Gasteiger partial charge in [0.05, 0.1) is 0 Å². The van der Waals surface area contributed by atoms with E-state index in [9.17, 15) is 4.79 Å². The van der Waals surface area contributed by atoms with Gasteiger partial charge < -0.3 is 15.8 Å². The van der Waals surface area contributed by atoms with Crippen molar-refractivity contribution in [2.75, 3.05) is 6.61 Å². The number of hydrogen-bond donors (Lipinski definition) is 2. The topological polar surface area (TPSA) is 64.3 Å². The van der Waals surface area contributed by atoms with Crippen molar-refractivity contribution in [1.29, 1.82) is 0 Å². The molecule has 1 aromatic rings. The first kappa shape index (κ1) is 12.8. The highest BCUT2D eigenvalue weighted by atomic mass is 32.1. The van der Waals surface area contributed by atoms with Crippen molar-refractivity contribution in [2.24, 2.45) is 5.73 Å². The number of rotatable bonds is 5. The Hall–Kier alpha value is -1.62. The van der Waals surface area contributed by atoms with Crippen LogP contribution in [-0.2, 0) is 4.79 Å². The van der Waals surface area contributed by atoms with E-state index in [0.717, 1.165) is 24.0 Å². The maximum Gasteiger partial charge on any atom is 0.258 e. The fourth-order valence-electron chi connectivity index (χ4n) is 1.55. The van der Waals surface area contributed by atoms with Gasteiger partial charge in [-0.2, -0.15) is 0 Å². The largest absolute Gasteiger partial charge is 0.483 e. The highest BCUT2D eigenvalue weighted by molar-refractivity contribution is 7.80. The molecule has 1 saturated carbocycles. The van der Waals surface area contributed by atoms with Crippen LogP contribution in [0.15, 0.2) is 18.2 Å². The summed E-state index contributed by atoms with van der Waals surface area (Å²) in [6, 6.07) is 5.84. The van der Waals surface area contributed by atoms with Crippen molar-refractivity contribution in [2.45, 2.75) is 25.8 Å². The number of thiocarbonyl (C=S) groups is 1. The maximum atomic E-state index is 11.5. The van der Waals surface area contributed by atoms with Gasteiger partial charge in [-0.3, -0.25) is 4.79 Å². The predicted octanol–water partition coefficient (Wildman–Crippen LogP) is 1.29. The van der Waals surface area contributed by atoms with Gasteiger partial charge in [-0.15, -0.1) is 0 Å². The minimum absolute atomic E-state index is 0.0259. The predicted molar refractivity (Wildman–Crippen MR) is 73.7 cm³/mol. The summed E-state index contributed by atoms with van der Waals surface area (Å²) in [5, 5.41) is 2.87. The number of carbonyl (C=O) groups excluding carboxylic acids is 1. The molecule has 1 amide bonds. The Morgan fingerprint density at radius 3 is 2.89 bits per heavy atom. The molecular formula is C13H16N2O2S. The first-order valence-corrected chi connectivity index (χ1v) is 6.29. The molecule has 5 heteroatoms. The van der Waals surface area contributed by atoms with Crippen LogP contribution in [0.4, 0.5) is 0 Å². The van der Waals surface area contributed by atoms with Crippen LogP contribution in [0.25, 0.3) is 0 Å². The molecule has 0 aromatic heterocycles. The Balaban J connectivity index is 1.96. The number of amides is 1. The second kappa shape index (κ2) is 5.35. The number of nitrogens with one attached hydrogen (secondary N) is 1. The minimum Gasteiger partial charge on any atom is -0.483 e. The Morgan fingerprint density at radius 1 is 1.56 bits per heavy atom. The van der Waals surface area contributed by atoms with Crippen molar-refractivity contribution in [1.82, 2.24) is 5.32 Å². The third-order valence-corrected chi connectivity index (χ3v) is 3.01. The normalized spacial score (nSPS) is 14.1. The van der Waals surface area contributed by atoms with Gasteiger partial charge in [0.1, 0.15) is 10.7 Å². The van der Waals surface area contributed by atoms with Crippen molar-refractivity contribution in [3.8, 4) is 5.75 Å². The fourth-order valence-corrected chi connectivity index (χ4v) is 1.68. The number of aryl methyl sites for hydroxylation is 1. The van der Waals surface area contributed by atoms with Crippen molar-refractivity contribution in [3.05, 3.63) is 29.3 Å². The van der Waals surface area contributed by atoms with E-state index in [2.05, 4.69) is 5.32 Å². The second-order valence-corrected chi connectivity index (χ2v) is 4.91. The monoisotopic (exact) mass is 264 g/mol. The quantitative estimate of drug-likeness (QED) is 0.787. The molecule has 2 rings (SSSR count). The van der Waals surface area contributed by atoms with Crippen LogP contribution in [0.1, 0.15) is 24.0 Å². The molecule has 0 atom stereocenters. The molecule has 0 heterocycles. The molecule has 3 N–H and O–H groups in total. The number of nitrogens with two attached hydrogens (primary N) is 1. The zero-order valence-corrected chi connectivity index (χ0v) is 11.0. The van der Waals surface area contributed by atoms with Crippen LogP contribution < -0.4 is 15.8 Å². The summed E-state index contributed by atoms with van der Waals surface area (Å²) < 4.78 is 5.49. The molecule has 96 valence electrons. The van der Waals surface area contributed by atoms with E-state index in [4.69, 9.17) is 22.7 Å². The van der Waals surface area contributed by atoms with Crippen LogP contribution in [0.5, 0.6) is 5.75 Å². The first-order chi connectivity index (χ1) is 8.56. The summed E-state index contributed by atoms with van der Waals surface area (Å²) in [5.41, 5.74) is 7.26. The van der Waals surface area contributed by atoms with Crippen LogP contribution >= 0.6 is 12.2 Å². The van der Waals surface area contributed by atoms with E-state index in [1.54, 1.807) is 6.07 Å². The highest BCUT2D eigenvalue weighted by Gasteiger charge is 2.23. The molecule has 0 unspecified atom stereocenters. The molecule has 1 fully saturated rings. The molecule has 0 saturated heterocycles. The lowest BCUT2D eigenvalue weighted by molar-refractivity contribution is -0.123. The molecule has 0 bridgehead atoms. The summed E-state index contributed by atoms with van der Waals surface area (Å²) in [6.45, 7) is 1.94. The molecular weight excluding hydrogens is 248 g/mol. The summed E-state index contributed by atoms with van der Waals surface area (Å²) in [5.74, 6) is 0.559. The minimum atomic E-state index is -0.0855. The summed E-state index contributed by atoms with van der Waals surface area (Å²) >= 11 is 4.91. The number of ether oxygens (including phenoxy) is 1. The van der Waals surface area contributed by atoms with E-state index in [1.807, 2.05) is 19.1 Å². The second-order valence-electron chi connectivity index (χ2n) is 4.47. The lowest BCUT2D eigenvalue weighted by Crippen LogP contribution is -2.30. The molecule has 18 heavy (non-hydrogen) atoms. The van der Waals surface area contributed by atoms with Gasteiger partial charge in [0.15, 0.2) is 6.61 Å². The third kappa shape index (κ3) is 3.43. The van der Waals surface area contributed by atoms with Gasteiger partial charge >= 0.3 is 0 Å². The molecule has 1 aliphatic rings. The zero-order valence-electron chi connectivity index (χ0n) is 10.2. The zero-order chi connectivity index (χ0) is 13.1. The highest BCUT2D eigenvalue weighted by Crippen LogP contribution is 2.20. The Bertz CT molecular complexity index is 484. The Morgan fingerprint density at radius 2 is 2.28 bits per heavy atom. The van der Waals surface area contributed by atoms with Crippen LogP contribution in [0.3, 0.4) is 0 Å². The fraction of sp³-hybridized carbons (Fsp3) is 0.385. The van der Waals surface area contributed by atoms with Crippen LogP contribution in [0.2, 0.25) is 0 Å². The molecule has 1 aliphatic carbocycles. The smallest absolute Gasteiger partial charge is 0.258 e. The number of benzene rings is 1. The SMILES string of the molecule is Cc1ccc(C(N)=S)cc1OCC(=O)NC1CC1. The number of carbonyl (C=O) groups is 1. The van der Waals surface area contributed by atoms with Crippen LogP contribution in [0, 0.1) is 6.92 Å². The van der Waals surface area contributed by atoms with Crippen LogP contribution in [-0.4, -0.2) is 23.5 Å². The van der Waals surface area contributed by atoms with Gasteiger partial charge in [0.2, 0.25) is 0 Å². The summed E-state index contributed by atoms with van der Waals surface area (Å²) in [6.07, 6.45) is 2.14. The van der Waals surface area contributed by atoms with Crippen molar-refractivity contribution in [3.63, 3.8) is 0 Å². The van der Waals surface area contributed by atoms with E-state index < -0.39 is 0 Å². The van der Waals surface area contributed by atoms with Gasteiger partial charge in [0, 0.05) is 11.6 Å². The molecule has 0 spiro atoms. The van der Waals surface area contributed by atoms with E-state index in [-0.39, 0.29) is 12.5 Å². The lowest BCUT2D eigenvalue weighted by atomic mass is 10.1. The number of hydrogen-bond acceptors (Lipinski definition) is 3.